The molecule has 0 N–H and O–H groups in total. The van der Waals surface area contributed by atoms with Crippen molar-refractivity contribution in [2.24, 2.45) is 0 Å². The number of likely N-dealkylation sites (N-methyl/N-ethyl adjacent to an activating group) is 1. The third kappa shape index (κ3) is 2.03. The van der Waals surface area contributed by atoms with Crippen LogP contribution >= 0.6 is 11.6 Å². The second-order valence-electron chi connectivity index (χ2n) is 4.66. The van der Waals surface area contributed by atoms with Crippen LogP contribution in [0.25, 0.3) is 0 Å². The lowest BCUT2D eigenvalue weighted by Crippen LogP contribution is -2.44. The predicted molar refractivity (Wildman–Crippen MR) is 66.7 cm³/mol. The molecule has 92 valence electrons. The van der Waals surface area contributed by atoms with Crippen molar-refractivity contribution < 1.29 is 9.47 Å². The van der Waals surface area contributed by atoms with Crippen molar-refractivity contribution in [2.45, 2.75) is 18.6 Å². The lowest BCUT2D eigenvalue weighted by Gasteiger charge is -2.38. The van der Waals surface area contributed by atoms with E-state index in [1.807, 2.05) is 18.2 Å². The molecular formula is C13H16ClNO2. The Morgan fingerprint density at radius 1 is 1.35 bits per heavy atom. The highest BCUT2D eigenvalue weighted by Gasteiger charge is 2.35. The van der Waals surface area contributed by atoms with Gasteiger partial charge in [0.15, 0.2) is 0 Å². The Kier molecular flexibility index (Phi) is 2.99. The molecule has 17 heavy (non-hydrogen) atoms. The van der Waals surface area contributed by atoms with E-state index < -0.39 is 0 Å². The molecule has 0 spiro atoms. The van der Waals surface area contributed by atoms with Gasteiger partial charge >= 0.3 is 0 Å². The average Bonchev–Trinajstić information content (AvgIpc) is 2.50. The molecule has 1 saturated heterocycles. The largest absolute Gasteiger partial charge is 0.493 e. The summed E-state index contributed by atoms with van der Waals surface area (Å²) in [6, 6.07) is 6.17. The normalized spacial score (nSPS) is 28.8. The standard InChI is InChI=1S/C13H16ClNO2/c1-15-5-7-17-13-10-8-9(14)2-3-12(10)16-6-4-11(13)15/h2-3,8,11,13H,4-7H2,1H3/t11-,13-/m1/s1. The lowest BCUT2D eigenvalue weighted by molar-refractivity contribution is -0.0644. The first-order chi connectivity index (χ1) is 8.25. The van der Waals surface area contributed by atoms with Gasteiger partial charge in [0, 0.05) is 23.2 Å². The monoisotopic (exact) mass is 253 g/mol. The molecule has 0 radical (unpaired) electrons. The Balaban J connectivity index is 2.02. The minimum absolute atomic E-state index is 0.0879. The zero-order valence-corrected chi connectivity index (χ0v) is 10.6. The minimum atomic E-state index is 0.0879. The molecule has 3 nitrogen and oxygen atoms in total. The van der Waals surface area contributed by atoms with Crippen molar-refractivity contribution in [3.8, 4) is 5.75 Å². The molecule has 2 heterocycles. The fraction of sp³-hybridized carbons (Fsp3) is 0.538. The van der Waals surface area contributed by atoms with Gasteiger partial charge in [-0.05, 0) is 31.7 Å². The summed E-state index contributed by atoms with van der Waals surface area (Å²) < 4.78 is 11.7. The number of hydrogen-bond donors (Lipinski definition) is 0. The van der Waals surface area contributed by atoms with E-state index in [9.17, 15) is 0 Å². The van der Waals surface area contributed by atoms with Gasteiger partial charge in [-0.2, -0.15) is 0 Å². The van der Waals surface area contributed by atoms with Gasteiger partial charge in [-0.3, -0.25) is 4.90 Å². The highest BCUT2D eigenvalue weighted by Crippen LogP contribution is 2.38. The molecular weight excluding hydrogens is 238 g/mol. The van der Waals surface area contributed by atoms with Crippen LogP contribution in [0, 0.1) is 0 Å². The number of fused-ring (bicyclic) bond motifs is 3. The second-order valence-corrected chi connectivity index (χ2v) is 5.10. The Morgan fingerprint density at radius 3 is 3.12 bits per heavy atom. The molecule has 0 aliphatic carbocycles. The van der Waals surface area contributed by atoms with Crippen molar-refractivity contribution >= 4 is 11.6 Å². The van der Waals surface area contributed by atoms with Gasteiger partial charge in [-0.25, -0.2) is 0 Å². The summed E-state index contributed by atoms with van der Waals surface area (Å²) in [5, 5.41) is 0.741. The maximum Gasteiger partial charge on any atom is 0.125 e. The molecule has 1 aromatic carbocycles. The smallest absolute Gasteiger partial charge is 0.125 e. The zero-order valence-electron chi connectivity index (χ0n) is 9.86. The summed E-state index contributed by atoms with van der Waals surface area (Å²) >= 11 is 6.07. The maximum absolute atomic E-state index is 6.07. The number of hydrogen-bond acceptors (Lipinski definition) is 3. The average molecular weight is 254 g/mol. The fourth-order valence-corrected chi connectivity index (χ4v) is 2.84. The minimum Gasteiger partial charge on any atom is -0.493 e. The van der Waals surface area contributed by atoms with Gasteiger partial charge < -0.3 is 9.47 Å². The molecule has 2 atom stereocenters. The van der Waals surface area contributed by atoms with E-state index in [4.69, 9.17) is 21.1 Å². The number of benzene rings is 1. The van der Waals surface area contributed by atoms with Crippen molar-refractivity contribution in [1.29, 1.82) is 0 Å². The third-order valence-electron chi connectivity index (χ3n) is 3.61. The summed E-state index contributed by atoms with van der Waals surface area (Å²) in [5.41, 5.74) is 1.09. The summed E-state index contributed by atoms with van der Waals surface area (Å²) in [5.74, 6) is 0.914. The summed E-state index contributed by atoms with van der Waals surface area (Å²) in [6.07, 6.45) is 1.08. The van der Waals surface area contributed by atoms with Gasteiger partial charge in [0.2, 0.25) is 0 Å². The highest BCUT2D eigenvalue weighted by molar-refractivity contribution is 6.30. The molecule has 1 aromatic rings. The summed E-state index contributed by atoms with van der Waals surface area (Å²) in [6.45, 7) is 2.49. The van der Waals surface area contributed by atoms with Crippen molar-refractivity contribution in [1.82, 2.24) is 4.90 Å². The molecule has 1 fully saturated rings. The van der Waals surface area contributed by atoms with E-state index in [0.717, 1.165) is 42.5 Å². The summed E-state index contributed by atoms with van der Waals surface area (Å²) in [4.78, 5) is 2.35. The van der Waals surface area contributed by atoms with Crippen LogP contribution in [0.1, 0.15) is 18.1 Å². The fourth-order valence-electron chi connectivity index (χ4n) is 2.66. The van der Waals surface area contributed by atoms with E-state index in [2.05, 4.69) is 11.9 Å². The van der Waals surface area contributed by atoms with Crippen LogP contribution < -0.4 is 4.74 Å². The van der Waals surface area contributed by atoms with Crippen LogP contribution in [-0.4, -0.2) is 37.7 Å². The van der Waals surface area contributed by atoms with Crippen LogP contribution in [0.3, 0.4) is 0 Å². The molecule has 0 aromatic heterocycles. The molecule has 0 saturated carbocycles. The third-order valence-corrected chi connectivity index (χ3v) is 3.84. The number of ether oxygens (including phenoxy) is 2. The quantitative estimate of drug-likeness (QED) is 0.709. The highest BCUT2D eigenvalue weighted by atomic mass is 35.5. The van der Waals surface area contributed by atoms with E-state index >= 15 is 0 Å². The van der Waals surface area contributed by atoms with Crippen LogP contribution in [0.2, 0.25) is 5.02 Å². The lowest BCUT2D eigenvalue weighted by atomic mass is 9.97. The second kappa shape index (κ2) is 4.48. The molecule has 0 amide bonds. The van der Waals surface area contributed by atoms with Gasteiger partial charge in [0.05, 0.1) is 13.2 Å². The number of halogens is 1. The van der Waals surface area contributed by atoms with Crippen LogP contribution in [0.5, 0.6) is 5.75 Å². The Morgan fingerprint density at radius 2 is 2.24 bits per heavy atom. The molecule has 2 aliphatic heterocycles. The Hall–Kier alpha value is -0.770. The van der Waals surface area contributed by atoms with E-state index in [1.54, 1.807) is 0 Å². The van der Waals surface area contributed by atoms with Gasteiger partial charge in [-0.15, -0.1) is 0 Å². The molecule has 0 bridgehead atoms. The van der Waals surface area contributed by atoms with Crippen LogP contribution in [-0.2, 0) is 4.74 Å². The van der Waals surface area contributed by atoms with E-state index in [-0.39, 0.29) is 6.10 Å². The topological polar surface area (TPSA) is 21.7 Å². The summed E-state index contributed by atoms with van der Waals surface area (Å²) in [7, 11) is 2.15. The Bertz CT molecular complexity index is 424. The first-order valence-corrected chi connectivity index (χ1v) is 6.37. The van der Waals surface area contributed by atoms with Gasteiger partial charge in [0.25, 0.3) is 0 Å². The SMILES string of the molecule is CN1CCO[C@@H]2c3cc(Cl)ccc3OCC[C@H]21. The van der Waals surface area contributed by atoms with Crippen LogP contribution in [0.15, 0.2) is 18.2 Å². The van der Waals surface area contributed by atoms with E-state index in [0.29, 0.717) is 6.04 Å². The van der Waals surface area contributed by atoms with Gasteiger partial charge in [-0.1, -0.05) is 11.6 Å². The van der Waals surface area contributed by atoms with Crippen molar-refractivity contribution in [3.05, 3.63) is 28.8 Å². The number of nitrogens with zero attached hydrogens (tertiary/aromatic N) is 1. The van der Waals surface area contributed by atoms with Crippen LogP contribution in [0.4, 0.5) is 0 Å². The molecule has 3 rings (SSSR count). The number of rotatable bonds is 0. The van der Waals surface area contributed by atoms with Crippen molar-refractivity contribution in [3.63, 3.8) is 0 Å². The zero-order chi connectivity index (χ0) is 11.8. The molecule has 2 aliphatic rings. The van der Waals surface area contributed by atoms with Gasteiger partial charge in [0.1, 0.15) is 11.9 Å². The Labute approximate surface area is 106 Å². The first-order valence-electron chi connectivity index (χ1n) is 6.00. The molecule has 4 heteroatoms. The predicted octanol–water partition coefficient (Wildman–Crippen LogP) is 2.49. The number of morpholine rings is 1. The first kappa shape index (κ1) is 11.3. The molecule has 0 unspecified atom stereocenters. The van der Waals surface area contributed by atoms with E-state index in [1.165, 1.54) is 0 Å². The van der Waals surface area contributed by atoms with Crippen molar-refractivity contribution in [2.75, 3.05) is 26.8 Å². The maximum atomic E-state index is 6.07.